The summed E-state index contributed by atoms with van der Waals surface area (Å²) in [6.45, 7) is 7.68. The summed E-state index contributed by atoms with van der Waals surface area (Å²) >= 11 is 0. The molecule has 2 aliphatic heterocycles. The Morgan fingerprint density at radius 1 is 1.35 bits per heavy atom. The number of nitrogens with zero attached hydrogens (tertiary/aromatic N) is 1. The van der Waals surface area contributed by atoms with E-state index in [-0.39, 0.29) is 12.0 Å². The molecule has 1 unspecified atom stereocenters. The molecule has 1 atom stereocenters. The molecule has 110 valence electrons. The third-order valence-corrected chi connectivity index (χ3v) is 4.08. The minimum atomic E-state index is -0.461. The van der Waals surface area contributed by atoms with Crippen LogP contribution in [0.5, 0.6) is 0 Å². The van der Waals surface area contributed by atoms with Gasteiger partial charge in [-0.05, 0) is 26.8 Å². The van der Waals surface area contributed by atoms with Gasteiger partial charge in [0.1, 0.15) is 11.5 Å². The van der Waals surface area contributed by atoms with Crippen molar-refractivity contribution in [3.8, 4) is 0 Å². The highest BCUT2D eigenvalue weighted by atomic mass is 16.7. The Hall–Kier alpha value is -1.33. The van der Waals surface area contributed by atoms with Crippen molar-refractivity contribution in [2.75, 3.05) is 19.7 Å². The first kappa shape index (κ1) is 13.6. The summed E-state index contributed by atoms with van der Waals surface area (Å²) in [4.78, 5) is 14.3. The van der Waals surface area contributed by atoms with E-state index in [1.165, 1.54) is 0 Å². The average molecular weight is 279 g/mol. The van der Waals surface area contributed by atoms with Gasteiger partial charge in [-0.1, -0.05) is 0 Å². The van der Waals surface area contributed by atoms with E-state index in [0.29, 0.717) is 31.0 Å². The van der Waals surface area contributed by atoms with Gasteiger partial charge in [-0.15, -0.1) is 0 Å². The molecule has 2 aliphatic rings. The predicted octanol–water partition coefficient (Wildman–Crippen LogP) is 2.26. The lowest BCUT2D eigenvalue weighted by atomic mass is 10.0. The molecule has 5 nitrogen and oxygen atoms in total. The minimum Gasteiger partial charge on any atom is -0.466 e. The molecule has 0 N–H and O–H groups in total. The van der Waals surface area contributed by atoms with E-state index in [2.05, 4.69) is 0 Å². The number of likely N-dealkylation sites (tertiary alicyclic amines) is 1. The van der Waals surface area contributed by atoms with Crippen LogP contribution in [0.2, 0.25) is 0 Å². The van der Waals surface area contributed by atoms with Crippen molar-refractivity contribution in [2.45, 2.75) is 45.5 Å². The summed E-state index contributed by atoms with van der Waals surface area (Å²) < 4.78 is 17.1. The summed E-state index contributed by atoms with van der Waals surface area (Å²) in [5.41, 5.74) is 0.667. The van der Waals surface area contributed by atoms with Gasteiger partial charge in [0.15, 0.2) is 5.79 Å². The molecule has 1 aromatic heterocycles. The van der Waals surface area contributed by atoms with Gasteiger partial charge in [0.05, 0.1) is 18.3 Å². The van der Waals surface area contributed by atoms with Crippen LogP contribution in [-0.2, 0) is 9.47 Å². The Balaban J connectivity index is 1.66. The molecule has 1 aromatic rings. The summed E-state index contributed by atoms with van der Waals surface area (Å²) in [7, 11) is 0. The second-order valence-electron chi connectivity index (χ2n) is 5.77. The van der Waals surface area contributed by atoms with Crippen molar-refractivity contribution in [1.82, 2.24) is 4.90 Å². The molecule has 1 spiro atoms. The fourth-order valence-corrected chi connectivity index (χ4v) is 3.03. The van der Waals surface area contributed by atoms with Crippen molar-refractivity contribution in [3.05, 3.63) is 23.2 Å². The molecule has 0 radical (unpaired) electrons. The molecule has 0 aromatic carbocycles. The lowest BCUT2D eigenvalue weighted by molar-refractivity contribution is -0.189. The Labute approximate surface area is 118 Å². The highest BCUT2D eigenvalue weighted by Gasteiger charge is 2.43. The number of hydrogen-bond donors (Lipinski definition) is 0. The Bertz CT molecular complexity index is 514. The zero-order valence-electron chi connectivity index (χ0n) is 12.3. The van der Waals surface area contributed by atoms with E-state index in [0.717, 1.165) is 18.6 Å². The minimum absolute atomic E-state index is 0.0419. The molecule has 20 heavy (non-hydrogen) atoms. The van der Waals surface area contributed by atoms with Crippen molar-refractivity contribution in [1.29, 1.82) is 0 Å². The Morgan fingerprint density at radius 2 is 2.05 bits per heavy atom. The van der Waals surface area contributed by atoms with Crippen molar-refractivity contribution < 1.29 is 18.7 Å². The van der Waals surface area contributed by atoms with E-state index in [1.807, 2.05) is 31.7 Å². The quantitative estimate of drug-likeness (QED) is 0.791. The summed E-state index contributed by atoms with van der Waals surface area (Å²) in [6, 6.07) is 1.81. The first-order chi connectivity index (χ1) is 9.49. The molecule has 2 fully saturated rings. The highest BCUT2D eigenvalue weighted by molar-refractivity contribution is 5.95. The van der Waals surface area contributed by atoms with Gasteiger partial charge < -0.3 is 18.8 Å². The first-order valence-electron chi connectivity index (χ1n) is 7.17. The SMILES string of the molecule is Cc1cc(C(=O)N2CCC3(CC2)OCC(C)O3)c(C)o1. The largest absolute Gasteiger partial charge is 0.466 e. The molecule has 0 bridgehead atoms. The van der Waals surface area contributed by atoms with Crippen LogP contribution in [0.3, 0.4) is 0 Å². The zero-order valence-corrected chi connectivity index (χ0v) is 12.3. The van der Waals surface area contributed by atoms with Gasteiger partial charge in [-0.3, -0.25) is 4.79 Å². The van der Waals surface area contributed by atoms with Gasteiger partial charge in [-0.25, -0.2) is 0 Å². The molecular formula is C15H21NO4. The fraction of sp³-hybridized carbons (Fsp3) is 0.667. The predicted molar refractivity (Wildman–Crippen MR) is 72.5 cm³/mol. The number of carbonyl (C=O) groups is 1. The maximum absolute atomic E-state index is 12.5. The van der Waals surface area contributed by atoms with E-state index in [1.54, 1.807) is 0 Å². The van der Waals surface area contributed by atoms with Gasteiger partial charge in [0.2, 0.25) is 0 Å². The summed E-state index contributed by atoms with van der Waals surface area (Å²) in [5.74, 6) is 1.04. The van der Waals surface area contributed by atoms with Gasteiger partial charge in [0, 0.05) is 25.9 Å². The molecule has 3 heterocycles. The van der Waals surface area contributed by atoms with Crippen LogP contribution in [0.15, 0.2) is 10.5 Å². The van der Waals surface area contributed by atoms with E-state index in [4.69, 9.17) is 13.9 Å². The highest BCUT2D eigenvalue weighted by Crippen LogP contribution is 2.34. The molecule has 0 saturated carbocycles. The second kappa shape index (κ2) is 4.90. The van der Waals surface area contributed by atoms with E-state index >= 15 is 0 Å². The topological polar surface area (TPSA) is 51.9 Å². The number of amides is 1. The summed E-state index contributed by atoms with van der Waals surface area (Å²) in [6.07, 6.45) is 1.62. The van der Waals surface area contributed by atoms with E-state index in [9.17, 15) is 4.79 Å². The number of piperidine rings is 1. The molecule has 3 rings (SSSR count). The number of hydrogen-bond acceptors (Lipinski definition) is 4. The van der Waals surface area contributed by atoms with Crippen LogP contribution in [-0.4, -0.2) is 42.4 Å². The zero-order chi connectivity index (χ0) is 14.3. The number of furan rings is 1. The maximum Gasteiger partial charge on any atom is 0.257 e. The van der Waals surface area contributed by atoms with Crippen molar-refractivity contribution >= 4 is 5.91 Å². The number of rotatable bonds is 1. The third-order valence-electron chi connectivity index (χ3n) is 4.08. The third kappa shape index (κ3) is 2.36. The van der Waals surface area contributed by atoms with Gasteiger partial charge in [0.25, 0.3) is 5.91 Å². The Morgan fingerprint density at radius 3 is 2.55 bits per heavy atom. The lowest BCUT2D eigenvalue weighted by Crippen LogP contribution is -2.47. The summed E-state index contributed by atoms with van der Waals surface area (Å²) in [5, 5.41) is 0. The average Bonchev–Trinajstić information content (AvgIpc) is 2.93. The van der Waals surface area contributed by atoms with Crippen LogP contribution >= 0.6 is 0 Å². The molecular weight excluding hydrogens is 258 g/mol. The fourth-order valence-electron chi connectivity index (χ4n) is 3.03. The van der Waals surface area contributed by atoms with Crippen LogP contribution in [0.4, 0.5) is 0 Å². The van der Waals surface area contributed by atoms with Crippen LogP contribution in [0.1, 0.15) is 41.6 Å². The molecule has 1 amide bonds. The smallest absolute Gasteiger partial charge is 0.257 e. The molecule has 5 heteroatoms. The van der Waals surface area contributed by atoms with Crippen LogP contribution in [0.25, 0.3) is 0 Å². The lowest BCUT2D eigenvalue weighted by Gasteiger charge is -2.37. The number of ether oxygens (including phenoxy) is 2. The van der Waals surface area contributed by atoms with Crippen LogP contribution in [0, 0.1) is 13.8 Å². The first-order valence-corrected chi connectivity index (χ1v) is 7.17. The number of carbonyl (C=O) groups excluding carboxylic acids is 1. The van der Waals surface area contributed by atoms with Crippen LogP contribution < -0.4 is 0 Å². The van der Waals surface area contributed by atoms with Crippen molar-refractivity contribution in [3.63, 3.8) is 0 Å². The van der Waals surface area contributed by atoms with E-state index < -0.39 is 5.79 Å². The maximum atomic E-state index is 12.5. The second-order valence-corrected chi connectivity index (χ2v) is 5.77. The Kier molecular flexibility index (Phi) is 3.34. The normalized spacial score (nSPS) is 25.4. The molecule has 0 aliphatic carbocycles. The van der Waals surface area contributed by atoms with Gasteiger partial charge in [-0.2, -0.15) is 0 Å². The monoisotopic (exact) mass is 279 g/mol. The molecule has 2 saturated heterocycles. The standard InChI is InChI=1S/C15H21NO4/c1-10-8-13(12(3)19-10)14(17)16-6-4-15(5-7-16)18-9-11(2)20-15/h8,11H,4-7,9H2,1-3H3. The number of aryl methyl sites for hydroxylation is 2. The van der Waals surface area contributed by atoms with Gasteiger partial charge >= 0.3 is 0 Å². The van der Waals surface area contributed by atoms with Crippen molar-refractivity contribution in [2.24, 2.45) is 0 Å².